The number of esters is 1. The highest BCUT2D eigenvalue weighted by atomic mass is 16.6. The largest absolute Gasteiger partial charge is 0.461 e. The van der Waals surface area contributed by atoms with E-state index in [1.807, 2.05) is 6.92 Å². The lowest BCUT2D eigenvalue weighted by Gasteiger charge is -2.00. The van der Waals surface area contributed by atoms with Crippen LogP contribution < -0.4 is 0 Å². The number of non-ortho nitro benzene ring substituents is 1. The molecule has 7 heteroatoms. The average Bonchev–Trinajstić information content (AvgIpc) is 2.80. The molecule has 2 rings (SSSR count). The minimum atomic E-state index is -0.468. The van der Waals surface area contributed by atoms with Gasteiger partial charge in [-0.1, -0.05) is 6.07 Å². The minimum Gasteiger partial charge on any atom is -0.461 e. The smallest absolute Gasteiger partial charge is 0.355 e. The molecule has 0 amide bonds. The van der Waals surface area contributed by atoms with Crippen LogP contribution in [0.15, 0.2) is 29.3 Å². The number of nitrogens with zero attached hydrogens (tertiary/aromatic N) is 2. The molecule has 0 aliphatic carbocycles. The number of nitro benzene ring substituents is 1. The van der Waals surface area contributed by atoms with Crippen molar-refractivity contribution < 1.29 is 14.5 Å². The maximum Gasteiger partial charge on any atom is 0.355 e. The van der Waals surface area contributed by atoms with Crippen molar-refractivity contribution in [3.63, 3.8) is 0 Å². The van der Waals surface area contributed by atoms with E-state index in [1.165, 1.54) is 12.1 Å². The zero-order valence-corrected chi connectivity index (χ0v) is 13.1. The van der Waals surface area contributed by atoms with Gasteiger partial charge in [-0.2, -0.15) is 0 Å². The van der Waals surface area contributed by atoms with E-state index in [2.05, 4.69) is 9.98 Å². The van der Waals surface area contributed by atoms with Crippen molar-refractivity contribution in [2.75, 3.05) is 6.61 Å². The zero-order chi connectivity index (χ0) is 17.0. The number of aromatic amines is 1. The first kappa shape index (κ1) is 16.4. The number of aromatic nitrogens is 1. The molecule has 0 bridgehead atoms. The van der Waals surface area contributed by atoms with Gasteiger partial charge in [0.15, 0.2) is 0 Å². The first-order chi connectivity index (χ1) is 10.9. The lowest BCUT2D eigenvalue weighted by atomic mass is 10.1. The number of rotatable bonds is 5. The summed E-state index contributed by atoms with van der Waals surface area (Å²) in [5, 5.41) is 10.8. The molecule has 0 spiro atoms. The van der Waals surface area contributed by atoms with Gasteiger partial charge in [-0.15, -0.1) is 0 Å². The number of aliphatic imine (C=N–C) groups is 1. The molecular weight excluding hydrogens is 298 g/mol. The first-order valence-electron chi connectivity index (χ1n) is 7.08. The number of benzene rings is 1. The molecule has 0 fully saturated rings. The molecule has 1 aromatic heterocycles. The van der Waals surface area contributed by atoms with E-state index in [0.717, 1.165) is 16.8 Å². The molecule has 120 valence electrons. The maximum atomic E-state index is 11.9. The van der Waals surface area contributed by atoms with Crippen LogP contribution in [0.4, 0.5) is 11.4 Å². The summed E-state index contributed by atoms with van der Waals surface area (Å²) in [6.07, 6.45) is 1.59. The Morgan fingerprint density at radius 3 is 2.83 bits per heavy atom. The second-order valence-electron chi connectivity index (χ2n) is 4.92. The van der Waals surface area contributed by atoms with Crippen LogP contribution in [0, 0.1) is 24.0 Å². The predicted octanol–water partition coefficient (Wildman–Crippen LogP) is 3.47. The number of nitro groups is 1. The SMILES string of the molecule is CCOC(=O)c1[nH]c(C)c(C=Nc2cccc([N+](=O)[O-])c2)c1C. The molecule has 0 unspecified atom stereocenters. The summed E-state index contributed by atoms with van der Waals surface area (Å²) in [7, 11) is 0. The number of H-pyrrole nitrogens is 1. The number of carbonyl (C=O) groups excluding carboxylic acids is 1. The van der Waals surface area contributed by atoms with E-state index in [-0.39, 0.29) is 5.69 Å². The Hall–Kier alpha value is -2.96. The van der Waals surface area contributed by atoms with Gasteiger partial charge in [0.1, 0.15) is 5.69 Å². The van der Waals surface area contributed by atoms with Crippen LogP contribution in [0.5, 0.6) is 0 Å². The van der Waals surface area contributed by atoms with Gasteiger partial charge in [-0.05, 0) is 32.4 Å². The fraction of sp³-hybridized carbons (Fsp3) is 0.250. The van der Waals surface area contributed by atoms with Gasteiger partial charge in [-0.3, -0.25) is 15.1 Å². The molecule has 0 atom stereocenters. The quantitative estimate of drug-likeness (QED) is 0.395. The number of hydrogen-bond donors (Lipinski definition) is 1. The van der Waals surface area contributed by atoms with E-state index >= 15 is 0 Å². The Kier molecular flexibility index (Phi) is 4.90. The number of hydrogen-bond acceptors (Lipinski definition) is 5. The third-order valence-corrected chi connectivity index (χ3v) is 3.36. The average molecular weight is 315 g/mol. The van der Waals surface area contributed by atoms with Crippen LogP contribution in [0.25, 0.3) is 0 Å². The van der Waals surface area contributed by atoms with Gasteiger partial charge in [0.2, 0.25) is 0 Å². The summed E-state index contributed by atoms with van der Waals surface area (Å²) in [5.74, 6) is -0.414. The Bertz CT molecular complexity index is 778. The minimum absolute atomic E-state index is 0.0191. The van der Waals surface area contributed by atoms with Crippen LogP contribution in [0.3, 0.4) is 0 Å². The lowest BCUT2D eigenvalue weighted by Crippen LogP contribution is -2.06. The van der Waals surface area contributed by atoms with Crippen molar-refractivity contribution in [2.24, 2.45) is 4.99 Å². The zero-order valence-electron chi connectivity index (χ0n) is 13.1. The van der Waals surface area contributed by atoms with Crippen molar-refractivity contribution in [1.29, 1.82) is 0 Å². The Morgan fingerprint density at radius 2 is 2.17 bits per heavy atom. The van der Waals surface area contributed by atoms with Gasteiger partial charge >= 0.3 is 5.97 Å². The third kappa shape index (κ3) is 3.63. The molecule has 1 N–H and O–H groups in total. The lowest BCUT2D eigenvalue weighted by molar-refractivity contribution is -0.384. The maximum absolute atomic E-state index is 11.9. The standard InChI is InChI=1S/C16H17N3O4/c1-4-23-16(20)15-10(2)14(11(3)18-15)9-17-12-6-5-7-13(8-12)19(21)22/h5-9,18H,4H2,1-3H3. The number of carbonyl (C=O) groups is 1. The number of ether oxygens (including phenoxy) is 1. The van der Waals surface area contributed by atoms with Crippen molar-refractivity contribution in [3.8, 4) is 0 Å². The summed E-state index contributed by atoms with van der Waals surface area (Å²) in [6, 6.07) is 6.05. The summed E-state index contributed by atoms with van der Waals surface area (Å²) in [6.45, 7) is 5.66. The first-order valence-corrected chi connectivity index (χ1v) is 7.08. The van der Waals surface area contributed by atoms with Crippen molar-refractivity contribution in [1.82, 2.24) is 4.98 Å². The van der Waals surface area contributed by atoms with Gasteiger partial charge in [0.05, 0.1) is 17.2 Å². The Morgan fingerprint density at radius 1 is 1.43 bits per heavy atom. The van der Waals surface area contributed by atoms with Gasteiger partial charge in [0.25, 0.3) is 5.69 Å². The van der Waals surface area contributed by atoms with Crippen molar-refractivity contribution in [3.05, 3.63) is 56.9 Å². The molecule has 7 nitrogen and oxygen atoms in total. The third-order valence-electron chi connectivity index (χ3n) is 3.36. The molecule has 0 saturated carbocycles. The van der Waals surface area contributed by atoms with E-state index in [4.69, 9.17) is 4.74 Å². The van der Waals surface area contributed by atoms with Crippen LogP contribution in [0.2, 0.25) is 0 Å². The highest BCUT2D eigenvalue weighted by Crippen LogP contribution is 2.21. The summed E-state index contributed by atoms with van der Waals surface area (Å²) < 4.78 is 4.99. The molecule has 2 aromatic rings. The van der Waals surface area contributed by atoms with Crippen LogP contribution >= 0.6 is 0 Å². The van der Waals surface area contributed by atoms with Crippen LogP contribution in [-0.2, 0) is 4.74 Å². The highest BCUT2D eigenvalue weighted by molar-refractivity contribution is 5.95. The van der Waals surface area contributed by atoms with E-state index in [9.17, 15) is 14.9 Å². The molecule has 0 saturated heterocycles. The molecule has 1 heterocycles. The molecule has 0 aliphatic heterocycles. The highest BCUT2D eigenvalue weighted by Gasteiger charge is 2.17. The summed E-state index contributed by atoms with van der Waals surface area (Å²) >= 11 is 0. The topological polar surface area (TPSA) is 97.6 Å². The fourth-order valence-corrected chi connectivity index (χ4v) is 2.19. The second-order valence-corrected chi connectivity index (χ2v) is 4.92. The van der Waals surface area contributed by atoms with E-state index < -0.39 is 10.9 Å². The molecule has 0 aliphatic rings. The van der Waals surface area contributed by atoms with Gasteiger partial charge < -0.3 is 9.72 Å². The number of nitrogens with one attached hydrogen (secondary N) is 1. The van der Waals surface area contributed by atoms with E-state index in [0.29, 0.717) is 18.0 Å². The summed E-state index contributed by atoms with van der Waals surface area (Å²) in [5.41, 5.74) is 3.12. The van der Waals surface area contributed by atoms with Gasteiger partial charge in [0, 0.05) is 29.6 Å². The monoisotopic (exact) mass is 315 g/mol. The molecular formula is C16H17N3O4. The van der Waals surface area contributed by atoms with E-state index in [1.54, 1.807) is 32.2 Å². The van der Waals surface area contributed by atoms with Crippen LogP contribution in [0.1, 0.15) is 34.2 Å². The molecule has 0 radical (unpaired) electrons. The Labute approximate surface area is 133 Å². The predicted molar refractivity (Wildman–Crippen MR) is 86.6 cm³/mol. The Balaban J connectivity index is 2.31. The van der Waals surface area contributed by atoms with Crippen molar-refractivity contribution >= 4 is 23.6 Å². The van der Waals surface area contributed by atoms with Gasteiger partial charge in [-0.25, -0.2) is 4.79 Å². The van der Waals surface area contributed by atoms with Crippen LogP contribution in [-0.4, -0.2) is 28.7 Å². The normalized spacial score (nSPS) is 10.9. The van der Waals surface area contributed by atoms with Crippen molar-refractivity contribution in [2.45, 2.75) is 20.8 Å². The fourth-order valence-electron chi connectivity index (χ4n) is 2.19. The summed E-state index contributed by atoms with van der Waals surface area (Å²) in [4.78, 5) is 29.4. The second kappa shape index (κ2) is 6.87. The number of aryl methyl sites for hydroxylation is 1. The molecule has 23 heavy (non-hydrogen) atoms. The molecule has 1 aromatic carbocycles.